The maximum atomic E-state index is 12.3. The van der Waals surface area contributed by atoms with Crippen LogP contribution in [0.5, 0.6) is 11.5 Å². The number of aromatic nitrogens is 4. The van der Waals surface area contributed by atoms with Gasteiger partial charge in [0.05, 0.1) is 19.9 Å². The predicted molar refractivity (Wildman–Crippen MR) is 109 cm³/mol. The van der Waals surface area contributed by atoms with Gasteiger partial charge in [-0.15, -0.1) is 10.2 Å². The van der Waals surface area contributed by atoms with Crippen LogP contribution in [0.2, 0.25) is 0 Å². The fourth-order valence-corrected chi connectivity index (χ4v) is 3.48. The van der Waals surface area contributed by atoms with Crippen molar-refractivity contribution < 1.29 is 13.9 Å². The normalized spacial score (nSPS) is 11.0. The molecule has 29 heavy (non-hydrogen) atoms. The van der Waals surface area contributed by atoms with E-state index in [1.54, 1.807) is 32.5 Å². The van der Waals surface area contributed by atoms with Crippen LogP contribution in [0, 0.1) is 6.92 Å². The molecule has 9 heteroatoms. The molecule has 3 heterocycles. The van der Waals surface area contributed by atoms with Crippen molar-refractivity contribution in [1.29, 1.82) is 0 Å². The number of rotatable bonds is 6. The zero-order valence-corrected chi connectivity index (χ0v) is 16.9. The van der Waals surface area contributed by atoms with Gasteiger partial charge in [0, 0.05) is 23.6 Å². The average Bonchev–Trinajstić information content (AvgIpc) is 3.21. The van der Waals surface area contributed by atoms with Crippen molar-refractivity contribution in [2.45, 2.75) is 17.9 Å². The molecule has 0 saturated heterocycles. The fraction of sp³-hybridized carbons (Fsp3) is 0.200. The Balaban J connectivity index is 1.52. The zero-order chi connectivity index (χ0) is 20.4. The van der Waals surface area contributed by atoms with Crippen LogP contribution in [0.15, 0.2) is 57.0 Å². The molecule has 1 aromatic carbocycles. The molecular formula is C20H18N4O4S. The maximum Gasteiger partial charge on any atom is 0.277 e. The van der Waals surface area contributed by atoms with Crippen molar-refractivity contribution >= 4 is 17.4 Å². The Kier molecular flexibility index (Phi) is 5.22. The summed E-state index contributed by atoms with van der Waals surface area (Å²) >= 11 is 1.32. The summed E-state index contributed by atoms with van der Waals surface area (Å²) in [4.78, 5) is 16.8. The lowest BCUT2D eigenvalue weighted by molar-refractivity contribution is 0.355. The number of pyridine rings is 1. The minimum absolute atomic E-state index is 0.120. The molecule has 0 radical (unpaired) electrons. The zero-order valence-electron chi connectivity index (χ0n) is 16.1. The van der Waals surface area contributed by atoms with E-state index in [1.165, 1.54) is 22.2 Å². The molecule has 0 aliphatic carbocycles. The summed E-state index contributed by atoms with van der Waals surface area (Å²) < 4.78 is 17.8. The number of methoxy groups -OCH3 is 2. The van der Waals surface area contributed by atoms with Crippen LogP contribution < -0.4 is 15.0 Å². The molecule has 0 unspecified atom stereocenters. The number of fused-ring (bicyclic) bond motifs is 1. The summed E-state index contributed by atoms with van der Waals surface area (Å²) in [5.41, 5.74) is 2.85. The molecule has 3 aromatic heterocycles. The van der Waals surface area contributed by atoms with E-state index >= 15 is 0 Å². The van der Waals surface area contributed by atoms with Crippen LogP contribution in [-0.4, -0.2) is 33.8 Å². The molecule has 0 aliphatic rings. The topological polar surface area (TPSA) is 91.8 Å². The van der Waals surface area contributed by atoms with Gasteiger partial charge in [0.15, 0.2) is 11.5 Å². The van der Waals surface area contributed by atoms with E-state index in [0.717, 1.165) is 11.1 Å². The summed E-state index contributed by atoms with van der Waals surface area (Å²) in [7, 11) is 3.14. The molecule has 0 fully saturated rings. The number of benzene rings is 1. The van der Waals surface area contributed by atoms with Gasteiger partial charge in [-0.05, 0) is 36.8 Å². The minimum Gasteiger partial charge on any atom is -0.493 e. The van der Waals surface area contributed by atoms with E-state index in [1.807, 2.05) is 25.1 Å². The number of nitrogens with zero attached hydrogens (tertiary/aromatic N) is 4. The van der Waals surface area contributed by atoms with Crippen molar-refractivity contribution in [3.05, 3.63) is 64.2 Å². The monoisotopic (exact) mass is 410 g/mol. The molecule has 148 valence electrons. The Morgan fingerprint density at radius 2 is 1.90 bits per heavy atom. The highest BCUT2D eigenvalue weighted by Gasteiger charge is 2.13. The standard InChI is InChI=1S/C20H18N4O4S/c1-12-4-7-17-21-14(9-18(25)24(17)10-12)11-29-20-23-22-19(28-20)13-5-6-15(26-2)16(8-13)27-3/h4-10H,11H2,1-3H3. The molecule has 0 aliphatic heterocycles. The van der Waals surface area contributed by atoms with Gasteiger partial charge in [0.25, 0.3) is 10.8 Å². The second kappa shape index (κ2) is 7.96. The second-order valence-corrected chi connectivity index (χ2v) is 7.18. The van der Waals surface area contributed by atoms with E-state index in [-0.39, 0.29) is 5.56 Å². The molecule has 0 spiro atoms. The first kappa shape index (κ1) is 19.0. The van der Waals surface area contributed by atoms with Crippen LogP contribution in [0.3, 0.4) is 0 Å². The SMILES string of the molecule is COc1ccc(-c2nnc(SCc3cc(=O)n4cc(C)ccc4n3)o2)cc1OC. The Morgan fingerprint density at radius 1 is 1.07 bits per heavy atom. The molecule has 0 N–H and O–H groups in total. The number of thioether (sulfide) groups is 1. The Labute approximate surface area is 170 Å². The third kappa shape index (κ3) is 3.95. The first-order valence-electron chi connectivity index (χ1n) is 8.75. The van der Waals surface area contributed by atoms with Gasteiger partial charge in [-0.3, -0.25) is 9.20 Å². The first-order valence-corrected chi connectivity index (χ1v) is 9.73. The molecule has 0 saturated carbocycles. The van der Waals surface area contributed by atoms with Crippen LogP contribution in [0.4, 0.5) is 0 Å². The largest absolute Gasteiger partial charge is 0.493 e. The van der Waals surface area contributed by atoms with Gasteiger partial charge < -0.3 is 13.9 Å². The number of hydrogen-bond donors (Lipinski definition) is 0. The molecule has 4 rings (SSSR count). The third-order valence-electron chi connectivity index (χ3n) is 4.24. The lowest BCUT2D eigenvalue weighted by Gasteiger charge is -2.07. The first-order chi connectivity index (χ1) is 14.1. The summed E-state index contributed by atoms with van der Waals surface area (Å²) in [6, 6.07) is 10.6. The Morgan fingerprint density at radius 3 is 2.69 bits per heavy atom. The number of ether oxygens (including phenoxy) is 2. The molecule has 4 aromatic rings. The van der Waals surface area contributed by atoms with Crippen LogP contribution in [-0.2, 0) is 5.75 Å². The van der Waals surface area contributed by atoms with Crippen LogP contribution in [0.1, 0.15) is 11.3 Å². The smallest absolute Gasteiger partial charge is 0.277 e. The minimum atomic E-state index is -0.120. The Bertz CT molecular complexity index is 1230. The highest BCUT2D eigenvalue weighted by Crippen LogP contribution is 2.32. The van der Waals surface area contributed by atoms with Crippen molar-refractivity contribution in [2.75, 3.05) is 14.2 Å². The average molecular weight is 410 g/mol. The number of hydrogen-bond acceptors (Lipinski definition) is 8. The maximum absolute atomic E-state index is 12.3. The second-order valence-electron chi connectivity index (χ2n) is 6.25. The van der Waals surface area contributed by atoms with Gasteiger partial charge in [-0.2, -0.15) is 0 Å². The van der Waals surface area contributed by atoms with Gasteiger partial charge in [0.1, 0.15) is 5.65 Å². The van der Waals surface area contributed by atoms with Crippen LogP contribution >= 0.6 is 11.8 Å². The van der Waals surface area contributed by atoms with Crippen molar-refractivity contribution in [3.63, 3.8) is 0 Å². The van der Waals surface area contributed by atoms with Crippen molar-refractivity contribution in [2.24, 2.45) is 0 Å². The van der Waals surface area contributed by atoms with Gasteiger partial charge in [-0.25, -0.2) is 4.98 Å². The molecule has 0 amide bonds. The highest BCUT2D eigenvalue weighted by molar-refractivity contribution is 7.98. The van der Waals surface area contributed by atoms with E-state index in [0.29, 0.717) is 39.7 Å². The third-order valence-corrected chi connectivity index (χ3v) is 5.09. The van der Waals surface area contributed by atoms with Crippen molar-refractivity contribution in [3.8, 4) is 23.0 Å². The summed E-state index contributed by atoms with van der Waals surface area (Å²) in [5, 5.41) is 8.54. The van der Waals surface area contributed by atoms with Gasteiger partial charge in [-0.1, -0.05) is 17.8 Å². The van der Waals surface area contributed by atoms with Gasteiger partial charge >= 0.3 is 0 Å². The van der Waals surface area contributed by atoms with Crippen molar-refractivity contribution in [1.82, 2.24) is 19.6 Å². The molecule has 8 nitrogen and oxygen atoms in total. The van der Waals surface area contributed by atoms with E-state index in [2.05, 4.69) is 15.2 Å². The predicted octanol–water partition coefficient (Wildman–Crippen LogP) is 3.36. The highest BCUT2D eigenvalue weighted by atomic mass is 32.2. The Hall–Kier alpha value is -3.33. The van der Waals surface area contributed by atoms with E-state index < -0.39 is 0 Å². The van der Waals surface area contributed by atoms with E-state index in [9.17, 15) is 4.79 Å². The summed E-state index contributed by atoms with van der Waals surface area (Å²) in [6.07, 6.45) is 1.77. The quantitative estimate of drug-likeness (QED) is 0.447. The van der Waals surface area contributed by atoms with Crippen LogP contribution in [0.25, 0.3) is 17.1 Å². The van der Waals surface area contributed by atoms with Gasteiger partial charge in [0.2, 0.25) is 5.89 Å². The lowest BCUT2D eigenvalue weighted by atomic mass is 10.2. The lowest BCUT2D eigenvalue weighted by Crippen LogP contribution is -2.15. The van der Waals surface area contributed by atoms with E-state index in [4.69, 9.17) is 13.9 Å². The fourth-order valence-electron chi connectivity index (χ4n) is 2.82. The molecule has 0 bridgehead atoms. The number of aryl methyl sites for hydroxylation is 1. The molecule has 0 atom stereocenters. The summed E-state index contributed by atoms with van der Waals surface area (Å²) in [5.74, 6) is 2.01. The summed E-state index contributed by atoms with van der Waals surface area (Å²) in [6.45, 7) is 1.93. The molecular weight excluding hydrogens is 392 g/mol.